The molecule has 5 nitrogen and oxygen atoms in total. The minimum atomic E-state index is -1.98. The van der Waals surface area contributed by atoms with Crippen molar-refractivity contribution in [1.82, 2.24) is 4.98 Å². The summed E-state index contributed by atoms with van der Waals surface area (Å²) in [6, 6.07) is 1.22. The first-order chi connectivity index (χ1) is 12.1. The molecule has 0 spiro atoms. The van der Waals surface area contributed by atoms with Gasteiger partial charge in [-0.15, -0.1) is 0 Å². The summed E-state index contributed by atoms with van der Waals surface area (Å²) in [4.78, 5) is 16.3. The summed E-state index contributed by atoms with van der Waals surface area (Å²) < 4.78 is 0. The number of carboxylic acid groups (broad SMARTS) is 1. The van der Waals surface area contributed by atoms with E-state index in [0.29, 0.717) is 23.4 Å². The first-order valence-corrected chi connectivity index (χ1v) is 9.80. The molecule has 3 rings (SSSR count). The van der Waals surface area contributed by atoms with Crippen LogP contribution in [0.5, 0.6) is 0 Å². The maximum atomic E-state index is 11.9. The number of fused-ring (bicyclic) bond motifs is 1. The Labute approximate surface area is 156 Å². The molecule has 0 aromatic carbocycles. The molecule has 2 aliphatic carbocycles. The predicted octanol–water partition coefficient (Wildman–Crippen LogP) is 2.72. The van der Waals surface area contributed by atoms with Crippen molar-refractivity contribution >= 4 is 5.97 Å². The highest BCUT2D eigenvalue weighted by Crippen LogP contribution is 2.52. The molecule has 0 aliphatic heterocycles. The van der Waals surface area contributed by atoms with Crippen LogP contribution in [0.1, 0.15) is 63.3 Å². The van der Waals surface area contributed by atoms with Gasteiger partial charge in [0.15, 0.2) is 5.60 Å². The number of rotatable bonds is 8. The predicted molar refractivity (Wildman–Crippen MR) is 101 cm³/mol. The van der Waals surface area contributed by atoms with Crippen LogP contribution in [-0.4, -0.2) is 32.8 Å². The van der Waals surface area contributed by atoms with Crippen LogP contribution in [0.3, 0.4) is 0 Å². The molecule has 3 atom stereocenters. The molecule has 5 heteroatoms. The average molecular weight is 360 g/mol. The minimum absolute atomic E-state index is 0.0244. The summed E-state index contributed by atoms with van der Waals surface area (Å²) in [7, 11) is 0. The quantitative estimate of drug-likeness (QED) is 0.662. The minimum Gasteiger partial charge on any atom is -0.479 e. The van der Waals surface area contributed by atoms with E-state index in [-0.39, 0.29) is 12.3 Å². The van der Waals surface area contributed by atoms with E-state index in [9.17, 15) is 15.0 Å². The van der Waals surface area contributed by atoms with Gasteiger partial charge in [-0.2, -0.15) is 0 Å². The lowest BCUT2D eigenvalue weighted by Gasteiger charge is -2.31. The van der Waals surface area contributed by atoms with Crippen LogP contribution >= 0.6 is 0 Å². The number of aromatic nitrogens is 1. The standard InChI is InChI=1S/C21H32N2O3/c1-13(2)8-18(22)21(26,19(24)25)12-17-16-10-14(11-20(3)5-6-20)9-15(16)4-7-23-17/h4,7,13-14,18,26H,5-6,8-12,22H2,1-3H3,(H,24,25)/t14?,18-,21+/m0/s1. The number of aliphatic carboxylic acids is 1. The van der Waals surface area contributed by atoms with Crippen LogP contribution in [0, 0.1) is 17.3 Å². The highest BCUT2D eigenvalue weighted by molar-refractivity contribution is 5.78. The Morgan fingerprint density at radius 2 is 2.12 bits per heavy atom. The molecule has 1 saturated carbocycles. The monoisotopic (exact) mass is 360 g/mol. The zero-order valence-electron chi connectivity index (χ0n) is 16.2. The molecule has 0 radical (unpaired) electrons. The van der Waals surface area contributed by atoms with Gasteiger partial charge in [-0.25, -0.2) is 4.79 Å². The van der Waals surface area contributed by atoms with Gasteiger partial charge in [0.1, 0.15) is 0 Å². The molecule has 0 bridgehead atoms. The Kier molecular flexibility index (Phi) is 5.15. The topological polar surface area (TPSA) is 96.4 Å². The second-order valence-corrected chi connectivity index (χ2v) is 9.33. The molecule has 144 valence electrons. The first-order valence-electron chi connectivity index (χ1n) is 9.80. The van der Waals surface area contributed by atoms with Crippen molar-refractivity contribution in [2.45, 2.75) is 77.4 Å². The van der Waals surface area contributed by atoms with Gasteiger partial charge in [0.25, 0.3) is 0 Å². The molecular weight excluding hydrogens is 328 g/mol. The van der Waals surface area contributed by atoms with Crippen molar-refractivity contribution in [2.24, 2.45) is 23.0 Å². The molecule has 0 saturated heterocycles. The summed E-state index contributed by atoms with van der Waals surface area (Å²) in [6.07, 6.45) is 7.99. The van der Waals surface area contributed by atoms with Crippen molar-refractivity contribution in [3.63, 3.8) is 0 Å². The molecule has 1 aromatic heterocycles. The Balaban J connectivity index is 1.80. The number of hydrogen-bond acceptors (Lipinski definition) is 4. The third kappa shape index (κ3) is 3.94. The van der Waals surface area contributed by atoms with Crippen molar-refractivity contribution < 1.29 is 15.0 Å². The van der Waals surface area contributed by atoms with E-state index in [1.165, 1.54) is 24.8 Å². The Hall–Kier alpha value is -1.46. The number of nitrogens with zero attached hydrogens (tertiary/aromatic N) is 1. The Morgan fingerprint density at radius 3 is 2.69 bits per heavy atom. The number of hydrogen-bond donors (Lipinski definition) is 3. The van der Waals surface area contributed by atoms with E-state index >= 15 is 0 Å². The zero-order valence-corrected chi connectivity index (χ0v) is 16.2. The molecule has 1 unspecified atom stereocenters. The number of carbonyl (C=O) groups is 1. The van der Waals surface area contributed by atoms with Crippen LogP contribution in [0.15, 0.2) is 12.3 Å². The van der Waals surface area contributed by atoms with E-state index in [2.05, 4.69) is 11.9 Å². The number of nitrogens with two attached hydrogens (primary N) is 1. The maximum Gasteiger partial charge on any atom is 0.337 e. The smallest absolute Gasteiger partial charge is 0.337 e. The maximum absolute atomic E-state index is 11.9. The third-order valence-corrected chi connectivity index (χ3v) is 6.27. The molecule has 0 amide bonds. The van der Waals surface area contributed by atoms with Gasteiger partial charge in [-0.3, -0.25) is 4.98 Å². The van der Waals surface area contributed by atoms with E-state index in [4.69, 9.17) is 5.73 Å². The van der Waals surface area contributed by atoms with Crippen LogP contribution in [0.2, 0.25) is 0 Å². The number of pyridine rings is 1. The third-order valence-electron chi connectivity index (χ3n) is 6.27. The van der Waals surface area contributed by atoms with E-state index < -0.39 is 17.6 Å². The fourth-order valence-electron chi connectivity index (χ4n) is 4.43. The molecule has 1 fully saturated rings. The number of aliphatic hydroxyl groups is 1. The lowest BCUT2D eigenvalue weighted by atomic mass is 9.83. The molecular formula is C21H32N2O3. The van der Waals surface area contributed by atoms with Crippen molar-refractivity contribution in [2.75, 3.05) is 0 Å². The fourth-order valence-corrected chi connectivity index (χ4v) is 4.43. The van der Waals surface area contributed by atoms with Gasteiger partial charge >= 0.3 is 5.97 Å². The Morgan fingerprint density at radius 1 is 1.42 bits per heavy atom. The van der Waals surface area contributed by atoms with E-state index in [0.717, 1.165) is 18.4 Å². The normalized spacial score (nSPS) is 24.2. The lowest BCUT2D eigenvalue weighted by molar-refractivity contribution is -0.161. The van der Waals surface area contributed by atoms with Crippen molar-refractivity contribution in [3.8, 4) is 0 Å². The lowest BCUT2D eigenvalue weighted by Crippen LogP contribution is -2.56. The van der Waals surface area contributed by atoms with Crippen LogP contribution in [0.25, 0.3) is 0 Å². The summed E-state index contributed by atoms with van der Waals surface area (Å²) in [6.45, 7) is 6.30. The summed E-state index contributed by atoms with van der Waals surface area (Å²) in [5, 5.41) is 20.6. The van der Waals surface area contributed by atoms with Crippen LogP contribution in [-0.2, 0) is 24.1 Å². The summed E-state index contributed by atoms with van der Waals surface area (Å²) in [5.41, 5.74) is 7.73. The highest BCUT2D eigenvalue weighted by atomic mass is 16.4. The van der Waals surface area contributed by atoms with Gasteiger partial charge in [0.2, 0.25) is 0 Å². The van der Waals surface area contributed by atoms with Gasteiger partial charge in [-0.1, -0.05) is 20.8 Å². The van der Waals surface area contributed by atoms with E-state index in [1.54, 1.807) is 6.20 Å². The van der Waals surface area contributed by atoms with Gasteiger partial charge < -0.3 is 15.9 Å². The SMILES string of the molecule is CC(C)C[C@H](N)[C@](O)(Cc1nccc2c1CC(CC1(C)CC1)C2)C(=O)O. The van der Waals surface area contributed by atoms with Crippen LogP contribution in [0.4, 0.5) is 0 Å². The summed E-state index contributed by atoms with van der Waals surface area (Å²) >= 11 is 0. The summed E-state index contributed by atoms with van der Waals surface area (Å²) in [5.74, 6) is -0.443. The van der Waals surface area contributed by atoms with Crippen molar-refractivity contribution in [1.29, 1.82) is 0 Å². The van der Waals surface area contributed by atoms with E-state index in [1.807, 2.05) is 19.9 Å². The zero-order chi connectivity index (χ0) is 19.1. The highest BCUT2D eigenvalue weighted by Gasteiger charge is 2.45. The average Bonchev–Trinajstić information content (AvgIpc) is 3.11. The first kappa shape index (κ1) is 19.3. The van der Waals surface area contributed by atoms with Crippen LogP contribution < -0.4 is 5.73 Å². The molecule has 4 N–H and O–H groups in total. The van der Waals surface area contributed by atoms with Gasteiger partial charge in [0.05, 0.1) is 0 Å². The second kappa shape index (κ2) is 6.93. The molecule has 2 aliphatic rings. The number of carboxylic acids is 1. The molecule has 1 aromatic rings. The Bertz CT molecular complexity index is 684. The van der Waals surface area contributed by atoms with Gasteiger partial charge in [0, 0.05) is 24.4 Å². The largest absolute Gasteiger partial charge is 0.479 e. The second-order valence-electron chi connectivity index (χ2n) is 9.33. The van der Waals surface area contributed by atoms with Crippen molar-refractivity contribution in [3.05, 3.63) is 29.1 Å². The molecule has 26 heavy (non-hydrogen) atoms. The molecule has 1 heterocycles. The fraction of sp³-hybridized carbons (Fsp3) is 0.714. The van der Waals surface area contributed by atoms with Gasteiger partial charge in [-0.05, 0) is 73.0 Å².